The van der Waals surface area contributed by atoms with Crippen LogP contribution >= 0.6 is 0 Å². The van der Waals surface area contributed by atoms with E-state index in [2.05, 4.69) is 23.6 Å². The van der Waals surface area contributed by atoms with Crippen LogP contribution in [0.3, 0.4) is 0 Å². The molecule has 5 nitrogen and oxygen atoms in total. The number of carbonyl (C=O) groups excluding carboxylic acids is 1. The Labute approximate surface area is 120 Å². The molecule has 0 saturated heterocycles. The van der Waals surface area contributed by atoms with Crippen molar-refractivity contribution in [3.8, 4) is 0 Å². The third kappa shape index (κ3) is 4.65. The standard InChI is InChI=1S/C15H24N2O3/c1-11-9-13(11)14-4-3-12(20-14)10-16-6-5-15(18)17-7-8-19-2/h3-4,11,13,16H,5-10H2,1-2H3,(H,17,18). The molecule has 2 unspecified atom stereocenters. The Morgan fingerprint density at radius 3 is 2.95 bits per heavy atom. The summed E-state index contributed by atoms with van der Waals surface area (Å²) in [5.74, 6) is 3.47. The van der Waals surface area contributed by atoms with Crippen LogP contribution in [0, 0.1) is 5.92 Å². The summed E-state index contributed by atoms with van der Waals surface area (Å²) in [4.78, 5) is 11.4. The number of nitrogens with one attached hydrogen (secondary N) is 2. The van der Waals surface area contributed by atoms with Crippen LogP contribution in [0.25, 0.3) is 0 Å². The van der Waals surface area contributed by atoms with E-state index >= 15 is 0 Å². The smallest absolute Gasteiger partial charge is 0.221 e. The van der Waals surface area contributed by atoms with Crippen molar-refractivity contribution in [3.05, 3.63) is 23.7 Å². The van der Waals surface area contributed by atoms with Crippen molar-refractivity contribution in [2.24, 2.45) is 5.92 Å². The van der Waals surface area contributed by atoms with Gasteiger partial charge in [-0.25, -0.2) is 0 Å². The van der Waals surface area contributed by atoms with E-state index in [1.54, 1.807) is 7.11 Å². The third-order valence-electron chi connectivity index (χ3n) is 3.61. The first kappa shape index (κ1) is 15.1. The summed E-state index contributed by atoms with van der Waals surface area (Å²) >= 11 is 0. The fourth-order valence-electron chi connectivity index (χ4n) is 2.20. The van der Waals surface area contributed by atoms with E-state index in [1.165, 1.54) is 6.42 Å². The molecule has 1 fully saturated rings. The van der Waals surface area contributed by atoms with Gasteiger partial charge in [0.1, 0.15) is 11.5 Å². The highest BCUT2D eigenvalue weighted by Gasteiger charge is 2.36. The van der Waals surface area contributed by atoms with Crippen molar-refractivity contribution in [2.45, 2.75) is 32.2 Å². The molecular formula is C15H24N2O3. The normalized spacial score (nSPS) is 20.9. The minimum Gasteiger partial charge on any atom is -0.464 e. The largest absolute Gasteiger partial charge is 0.464 e. The molecule has 2 N–H and O–H groups in total. The predicted octanol–water partition coefficient (Wildman–Crippen LogP) is 1.65. The molecule has 1 heterocycles. The van der Waals surface area contributed by atoms with Crippen molar-refractivity contribution < 1.29 is 13.9 Å². The molecule has 1 amide bonds. The van der Waals surface area contributed by atoms with Gasteiger partial charge in [0.2, 0.25) is 5.91 Å². The molecule has 20 heavy (non-hydrogen) atoms. The molecule has 2 rings (SSSR count). The third-order valence-corrected chi connectivity index (χ3v) is 3.61. The maximum atomic E-state index is 11.4. The Morgan fingerprint density at radius 2 is 2.25 bits per heavy atom. The van der Waals surface area contributed by atoms with E-state index in [-0.39, 0.29) is 5.91 Å². The topological polar surface area (TPSA) is 63.5 Å². The van der Waals surface area contributed by atoms with Gasteiger partial charge in [-0.15, -0.1) is 0 Å². The summed E-state index contributed by atoms with van der Waals surface area (Å²) in [5.41, 5.74) is 0. The predicted molar refractivity (Wildman–Crippen MR) is 76.4 cm³/mol. The highest BCUT2D eigenvalue weighted by Crippen LogP contribution is 2.47. The van der Waals surface area contributed by atoms with Crippen LogP contribution in [-0.2, 0) is 16.1 Å². The van der Waals surface area contributed by atoms with Crippen LogP contribution in [0.4, 0.5) is 0 Å². The Balaban J connectivity index is 1.56. The molecule has 2 atom stereocenters. The molecule has 1 aliphatic carbocycles. The average Bonchev–Trinajstić information content (AvgIpc) is 2.98. The summed E-state index contributed by atoms with van der Waals surface area (Å²) < 4.78 is 10.7. The second-order valence-electron chi connectivity index (χ2n) is 5.39. The van der Waals surface area contributed by atoms with Gasteiger partial charge in [-0.3, -0.25) is 4.79 Å². The van der Waals surface area contributed by atoms with Crippen LogP contribution in [-0.4, -0.2) is 32.7 Å². The minimum absolute atomic E-state index is 0.0430. The molecule has 5 heteroatoms. The number of rotatable bonds is 9. The molecule has 0 spiro atoms. The van der Waals surface area contributed by atoms with E-state index < -0.39 is 0 Å². The number of amides is 1. The molecule has 112 valence electrons. The molecular weight excluding hydrogens is 256 g/mol. The van der Waals surface area contributed by atoms with Gasteiger partial charge in [0.25, 0.3) is 0 Å². The zero-order valence-electron chi connectivity index (χ0n) is 12.3. The van der Waals surface area contributed by atoms with Gasteiger partial charge in [0, 0.05) is 32.5 Å². The number of hydrogen-bond donors (Lipinski definition) is 2. The van der Waals surface area contributed by atoms with E-state index in [9.17, 15) is 4.79 Å². The minimum atomic E-state index is 0.0430. The van der Waals surface area contributed by atoms with Crippen molar-refractivity contribution in [1.29, 1.82) is 0 Å². The molecule has 0 bridgehead atoms. The molecule has 0 aromatic carbocycles. The first-order valence-corrected chi connectivity index (χ1v) is 7.25. The Kier molecular flexibility index (Phi) is 5.61. The fourth-order valence-corrected chi connectivity index (χ4v) is 2.20. The monoisotopic (exact) mass is 280 g/mol. The van der Waals surface area contributed by atoms with Gasteiger partial charge < -0.3 is 19.8 Å². The second-order valence-corrected chi connectivity index (χ2v) is 5.39. The molecule has 1 aromatic rings. The summed E-state index contributed by atoms with van der Waals surface area (Å²) in [6.07, 6.45) is 1.71. The fraction of sp³-hybridized carbons (Fsp3) is 0.667. The van der Waals surface area contributed by atoms with Gasteiger partial charge in [-0.2, -0.15) is 0 Å². The van der Waals surface area contributed by atoms with Crippen LogP contribution in [0.2, 0.25) is 0 Å². The molecule has 1 saturated carbocycles. The molecule has 1 aromatic heterocycles. The Bertz CT molecular complexity index is 431. The summed E-state index contributed by atoms with van der Waals surface area (Å²) in [5, 5.41) is 6.01. The van der Waals surface area contributed by atoms with Crippen molar-refractivity contribution >= 4 is 5.91 Å². The van der Waals surface area contributed by atoms with E-state index in [0.29, 0.717) is 38.6 Å². The summed E-state index contributed by atoms with van der Waals surface area (Å²) in [6.45, 7) is 4.68. The number of methoxy groups -OCH3 is 1. The van der Waals surface area contributed by atoms with E-state index in [1.807, 2.05) is 6.07 Å². The summed E-state index contributed by atoms with van der Waals surface area (Å²) in [6, 6.07) is 4.09. The van der Waals surface area contributed by atoms with E-state index in [4.69, 9.17) is 9.15 Å². The van der Waals surface area contributed by atoms with Crippen molar-refractivity contribution in [2.75, 3.05) is 26.8 Å². The average molecular weight is 280 g/mol. The van der Waals surface area contributed by atoms with E-state index in [0.717, 1.165) is 17.4 Å². The van der Waals surface area contributed by atoms with Gasteiger partial charge in [0.15, 0.2) is 0 Å². The van der Waals surface area contributed by atoms with Crippen LogP contribution in [0.5, 0.6) is 0 Å². The Morgan fingerprint density at radius 1 is 1.45 bits per heavy atom. The van der Waals surface area contributed by atoms with Gasteiger partial charge in [0.05, 0.1) is 13.2 Å². The first-order chi connectivity index (χ1) is 9.70. The van der Waals surface area contributed by atoms with Crippen LogP contribution < -0.4 is 10.6 Å². The molecule has 1 aliphatic rings. The van der Waals surface area contributed by atoms with Crippen molar-refractivity contribution in [3.63, 3.8) is 0 Å². The lowest BCUT2D eigenvalue weighted by atomic mass is 10.3. The first-order valence-electron chi connectivity index (χ1n) is 7.25. The molecule has 0 radical (unpaired) electrons. The van der Waals surface area contributed by atoms with Gasteiger partial charge in [-0.1, -0.05) is 6.92 Å². The lowest BCUT2D eigenvalue weighted by Gasteiger charge is -2.05. The van der Waals surface area contributed by atoms with Gasteiger partial charge >= 0.3 is 0 Å². The molecule has 0 aliphatic heterocycles. The number of ether oxygens (including phenoxy) is 1. The second kappa shape index (κ2) is 7.45. The highest BCUT2D eigenvalue weighted by molar-refractivity contribution is 5.75. The number of hydrogen-bond acceptors (Lipinski definition) is 4. The number of furan rings is 1. The van der Waals surface area contributed by atoms with Gasteiger partial charge in [-0.05, 0) is 24.5 Å². The lowest BCUT2D eigenvalue weighted by molar-refractivity contribution is -0.121. The zero-order chi connectivity index (χ0) is 14.4. The SMILES string of the molecule is COCCNC(=O)CCNCc1ccc(C2CC2C)o1. The maximum Gasteiger partial charge on any atom is 0.221 e. The lowest BCUT2D eigenvalue weighted by Crippen LogP contribution is -2.29. The maximum absolute atomic E-state index is 11.4. The Hall–Kier alpha value is -1.33. The van der Waals surface area contributed by atoms with Crippen molar-refractivity contribution in [1.82, 2.24) is 10.6 Å². The van der Waals surface area contributed by atoms with Crippen LogP contribution in [0.15, 0.2) is 16.5 Å². The summed E-state index contributed by atoms with van der Waals surface area (Å²) in [7, 11) is 1.62. The zero-order valence-corrected chi connectivity index (χ0v) is 12.3. The number of carbonyl (C=O) groups is 1. The van der Waals surface area contributed by atoms with Crippen LogP contribution in [0.1, 0.15) is 37.2 Å². The quantitative estimate of drug-likeness (QED) is 0.675. The highest BCUT2D eigenvalue weighted by atomic mass is 16.5.